The summed E-state index contributed by atoms with van der Waals surface area (Å²) in [5, 5.41) is 25.4. The Kier molecular flexibility index (Phi) is 12.5. The SMILES string of the molecule is CC(C)c1ccccc1[C@@H]1CCC[C@@H]1N1CC2(CCN(c3ccc(C(=O)NS(=O)(=O)c4cnc(NC[C@H]5CC[C@](C)(O)CC5)c([N+](=O)[O-])c4)c(Oc4cc5c(F)c[nH]c5nc4Cl)c3)CC2)C1. The number of ether oxygens (including phenoxy) is 1. The lowest BCUT2D eigenvalue weighted by atomic mass is 9.70. The second-order valence-electron chi connectivity index (χ2n) is 19.4. The fraction of sp³-hybridized carbons (Fsp3) is 0.479. The normalized spacial score (nSPS) is 23.3. The predicted octanol–water partition coefficient (Wildman–Crippen LogP) is 9.28. The number of benzene rings is 2. The molecule has 0 unspecified atom stereocenters. The monoisotopic (exact) mass is 942 g/mol. The zero-order chi connectivity index (χ0) is 46.5. The molecule has 4 fully saturated rings. The Morgan fingerprint density at radius 2 is 1.80 bits per heavy atom. The topological polar surface area (TPSA) is 196 Å². The number of fused-ring (bicyclic) bond motifs is 1. The number of carbonyl (C=O) groups is 1. The minimum atomic E-state index is -4.71. The summed E-state index contributed by atoms with van der Waals surface area (Å²) >= 11 is 6.51. The van der Waals surface area contributed by atoms with Crippen molar-refractivity contribution in [3.8, 4) is 11.5 Å². The minimum absolute atomic E-state index is 0.0591. The maximum Gasteiger partial charge on any atom is 0.312 e. The molecular weight excluding hydrogens is 887 g/mol. The first-order chi connectivity index (χ1) is 31.5. The van der Waals surface area contributed by atoms with E-state index in [1.165, 1.54) is 42.5 Å². The highest BCUT2D eigenvalue weighted by molar-refractivity contribution is 7.90. The van der Waals surface area contributed by atoms with E-state index in [1.807, 2.05) is 4.72 Å². The van der Waals surface area contributed by atoms with Crippen LogP contribution in [0.15, 0.2) is 71.9 Å². The van der Waals surface area contributed by atoms with Gasteiger partial charge in [-0.3, -0.25) is 19.8 Å². The molecule has 9 rings (SSSR count). The molecule has 15 nitrogen and oxygen atoms in total. The van der Waals surface area contributed by atoms with Crippen LogP contribution in [-0.2, 0) is 10.0 Å². The molecule has 1 spiro atoms. The molecule has 2 aromatic carbocycles. The number of nitrogens with one attached hydrogen (secondary N) is 3. The molecule has 1 amide bonds. The molecule has 18 heteroatoms. The number of carbonyl (C=O) groups excluding carboxylic acids is 1. The van der Waals surface area contributed by atoms with Gasteiger partial charge < -0.3 is 25.0 Å². The molecule has 2 saturated heterocycles. The number of likely N-dealkylation sites (tertiary alicyclic amines) is 1. The standard InChI is InChI=1S/C48H56ClFN8O7S/c1-29(2)33-7-4-5-8-34(33)35-9-6-10-39(35)57-27-48(28-57)17-19-56(20-18-48)31-11-12-36(41(21-31)65-42-23-37-38(50)26-53-44(37)54-43(42)49)46(59)55-66(63,64)32-22-40(58(61)62)45(52-25-32)51-24-30-13-15-47(3,60)16-14-30/h4-5,7-8,11-12,21-23,25-26,29-30,35,39,60H,6,9-10,13-20,24,27-28H2,1-3H3,(H,51,52)(H,53,54)(H,55,59)/t30-,35-,39-,47-/m0/s1. The van der Waals surface area contributed by atoms with Gasteiger partial charge in [-0.25, -0.2) is 27.5 Å². The van der Waals surface area contributed by atoms with Crippen LogP contribution < -0.4 is 19.7 Å². The van der Waals surface area contributed by atoms with Gasteiger partial charge >= 0.3 is 5.69 Å². The second kappa shape index (κ2) is 18.0. The number of nitro groups is 1. The number of amides is 1. The lowest BCUT2D eigenvalue weighted by molar-refractivity contribution is -0.384. The quantitative estimate of drug-likeness (QED) is 0.0497. The number of nitrogens with zero attached hydrogens (tertiary/aromatic N) is 5. The number of H-pyrrole nitrogens is 1. The maximum atomic E-state index is 14.7. The van der Waals surface area contributed by atoms with Crippen LogP contribution in [0, 0.1) is 27.3 Å². The Morgan fingerprint density at radius 1 is 1.06 bits per heavy atom. The number of hydrogen-bond acceptors (Lipinski definition) is 12. The van der Waals surface area contributed by atoms with Crippen molar-refractivity contribution in [3.63, 3.8) is 0 Å². The molecule has 5 aromatic rings. The highest BCUT2D eigenvalue weighted by Gasteiger charge is 2.49. The van der Waals surface area contributed by atoms with Gasteiger partial charge in [0, 0.05) is 62.8 Å². The molecule has 4 aliphatic rings. The van der Waals surface area contributed by atoms with Gasteiger partial charge in [0.25, 0.3) is 15.9 Å². The number of rotatable bonds is 13. The highest BCUT2D eigenvalue weighted by Crippen LogP contribution is 2.49. The molecule has 2 aliphatic carbocycles. The van der Waals surface area contributed by atoms with Gasteiger partial charge in [-0.15, -0.1) is 0 Å². The molecule has 66 heavy (non-hydrogen) atoms. The van der Waals surface area contributed by atoms with Crippen LogP contribution in [-0.4, -0.2) is 88.6 Å². The predicted molar refractivity (Wildman–Crippen MR) is 251 cm³/mol. The molecule has 0 bridgehead atoms. The van der Waals surface area contributed by atoms with E-state index in [1.54, 1.807) is 19.1 Å². The van der Waals surface area contributed by atoms with Gasteiger partial charge in [-0.05, 0) is 111 Å². The summed E-state index contributed by atoms with van der Waals surface area (Å²) < 4.78 is 50.4. The molecule has 2 atom stereocenters. The van der Waals surface area contributed by atoms with E-state index >= 15 is 0 Å². The van der Waals surface area contributed by atoms with Crippen molar-refractivity contribution < 1.29 is 32.4 Å². The third-order valence-electron chi connectivity index (χ3n) is 14.5. The molecule has 2 saturated carbocycles. The van der Waals surface area contributed by atoms with Crippen LogP contribution in [0.4, 0.5) is 21.6 Å². The zero-order valence-electron chi connectivity index (χ0n) is 37.4. The molecule has 3 aromatic heterocycles. The Hall–Kier alpha value is -5.36. The van der Waals surface area contributed by atoms with Gasteiger partial charge in [-0.1, -0.05) is 56.1 Å². The fourth-order valence-electron chi connectivity index (χ4n) is 10.7. The van der Waals surface area contributed by atoms with E-state index in [0.29, 0.717) is 50.1 Å². The molecule has 4 N–H and O–H groups in total. The highest BCUT2D eigenvalue weighted by atomic mass is 35.5. The van der Waals surface area contributed by atoms with Gasteiger partial charge in [0.1, 0.15) is 22.1 Å². The van der Waals surface area contributed by atoms with Crippen LogP contribution in [0.5, 0.6) is 11.5 Å². The fourth-order valence-corrected chi connectivity index (χ4v) is 11.8. The van der Waals surface area contributed by atoms with Crippen molar-refractivity contribution >= 4 is 55.8 Å². The number of sulfonamides is 1. The summed E-state index contributed by atoms with van der Waals surface area (Å²) in [6.45, 7) is 10.3. The van der Waals surface area contributed by atoms with Crippen LogP contribution >= 0.6 is 11.6 Å². The first-order valence-corrected chi connectivity index (χ1v) is 24.7. The molecule has 2 aliphatic heterocycles. The Balaban J connectivity index is 0.917. The number of piperidine rings is 1. The van der Waals surface area contributed by atoms with Crippen LogP contribution in [0.25, 0.3) is 11.0 Å². The smallest absolute Gasteiger partial charge is 0.312 e. The second-order valence-corrected chi connectivity index (χ2v) is 21.5. The third-order valence-corrected chi connectivity index (χ3v) is 16.1. The number of hydrogen-bond donors (Lipinski definition) is 4. The van der Waals surface area contributed by atoms with Gasteiger partial charge in [-0.2, -0.15) is 0 Å². The van der Waals surface area contributed by atoms with E-state index < -0.39 is 42.9 Å². The van der Waals surface area contributed by atoms with Crippen LogP contribution in [0.3, 0.4) is 0 Å². The van der Waals surface area contributed by atoms with Crippen LogP contribution in [0.1, 0.15) is 112 Å². The molecule has 0 radical (unpaired) electrons. The minimum Gasteiger partial charge on any atom is -0.453 e. The Bertz CT molecular complexity index is 2760. The summed E-state index contributed by atoms with van der Waals surface area (Å²) in [6, 6.07) is 16.5. The van der Waals surface area contributed by atoms with Crippen molar-refractivity contribution in [3.05, 3.63) is 105 Å². The van der Waals surface area contributed by atoms with E-state index in [9.17, 15) is 32.8 Å². The molecule has 5 heterocycles. The largest absolute Gasteiger partial charge is 0.453 e. The summed E-state index contributed by atoms with van der Waals surface area (Å²) in [7, 11) is -4.71. The Morgan fingerprint density at radius 3 is 2.53 bits per heavy atom. The van der Waals surface area contributed by atoms with Crippen molar-refractivity contribution in [2.75, 3.05) is 42.9 Å². The number of anilines is 2. The van der Waals surface area contributed by atoms with Crippen molar-refractivity contribution in [1.82, 2.24) is 24.6 Å². The van der Waals surface area contributed by atoms with E-state index in [4.69, 9.17) is 16.3 Å². The summed E-state index contributed by atoms with van der Waals surface area (Å²) in [5.74, 6) is -0.753. The average molecular weight is 944 g/mol. The molecular formula is C48H56ClFN8O7S. The maximum absolute atomic E-state index is 14.7. The first kappa shape index (κ1) is 45.8. The summed E-state index contributed by atoms with van der Waals surface area (Å²) in [4.78, 5) is 40.7. The Labute approximate surface area is 388 Å². The number of aromatic amines is 1. The first-order valence-electron chi connectivity index (χ1n) is 22.9. The number of aromatic nitrogens is 3. The summed E-state index contributed by atoms with van der Waals surface area (Å²) in [5.41, 5.74) is 2.57. The van der Waals surface area contributed by atoms with E-state index in [2.05, 4.69) is 68.2 Å². The zero-order valence-corrected chi connectivity index (χ0v) is 38.9. The third kappa shape index (κ3) is 9.31. The lowest BCUT2D eigenvalue weighted by Crippen LogP contribution is -2.63. The van der Waals surface area contributed by atoms with E-state index in [-0.39, 0.29) is 50.4 Å². The van der Waals surface area contributed by atoms with Crippen LogP contribution in [0.2, 0.25) is 5.15 Å². The van der Waals surface area contributed by atoms with Gasteiger partial charge in [0.15, 0.2) is 10.9 Å². The number of pyridine rings is 2. The lowest BCUT2D eigenvalue weighted by Gasteiger charge is -2.57. The molecule has 350 valence electrons. The summed E-state index contributed by atoms with van der Waals surface area (Å²) in [6.07, 6.45) is 10.3. The van der Waals surface area contributed by atoms with E-state index in [0.717, 1.165) is 63.2 Å². The van der Waals surface area contributed by atoms with Crippen molar-refractivity contribution in [1.29, 1.82) is 0 Å². The van der Waals surface area contributed by atoms with Gasteiger partial charge in [0.2, 0.25) is 5.82 Å². The number of halogens is 2. The van der Waals surface area contributed by atoms with Crippen molar-refractivity contribution in [2.24, 2.45) is 11.3 Å². The van der Waals surface area contributed by atoms with Gasteiger partial charge in [0.05, 0.1) is 27.7 Å². The average Bonchev–Trinajstić information content (AvgIpc) is 3.91. The number of aliphatic hydroxyl groups is 1. The van der Waals surface area contributed by atoms with Crippen molar-refractivity contribution in [2.45, 2.75) is 107 Å².